The van der Waals surface area contributed by atoms with E-state index in [9.17, 15) is 19.5 Å². The highest BCUT2D eigenvalue weighted by atomic mass is 35.5. The molecule has 0 radical (unpaired) electrons. The van der Waals surface area contributed by atoms with E-state index in [1.807, 2.05) is 52.0 Å². The summed E-state index contributed by atoms with van der Waals surface area (Å²) < 4.78 is 8.10. The van der Waals surface area contributed by atoms with E-state index in [0.717, 1.165) is 26.1 Å². The number of carbonyl (C=O) groups is 4. The number of hydrogen-bond acceptors (Lipinski definition) is 8. The van der Waals surface area contributed by atoms with Crippen molar-refractivity contribution in [3.63, 3.8) is 0 Å². The Morgan fingerprint density at radius 2 is 1.78 bits per heavy atom. The average molecular weight is 727 g/mol. The fourth-order valence-electron chi connectivity index (χ4n) is 9.39. The lowest BCUT2D eigenvalue weighted by molar-refractivity contribution is -0.145. The van der Waals surface area contributed by atoms with E-state index in [4.69, 9.17) is 21.4 Å². The van der Waals surface area contributed by atoms with Crippen LogP contribution in [0.1, 0.15) is 57.6 Å². The number of aromatic nitrogens is 2. The molecule has 1 N–H and O–H groups in total. The molecule has 4 amide bonds. The van der Waals surface area contributed by atoms with Crippen LogP contribution < -0.4 is 9.64 Å². The number of imide groups is 2. The van der Waals surface area contributed by atoms with Crippen molar-refractivity contribution in [1.29, 1.82) is 0 Å². The summed E-state index contributed by atoms with van der Waals surface area (Å²) in [4.78, 5) is 61.3. The number of likely N-dealkylation sites (tertiary alicyclic amines) is 1. The maximum atomic E-state index is 15.0. The van der Waals surface area contributed by atoms with Gasteiger partial charge in [0.25, 0.3) is 0 Å². The number of phenols is 1. The first-order valence-electron chi connectivity index (χ1n) is 17.1. The number of methoxy groups -OCH3 is 1. The van der Waals surface area contributed by atoms with E-state index in [-0.39, 0.29) is 29.7 Å². The van der Waals surface area contributed by atoms with Crippen LogP contribution in [0, 0.1) is 36.0 Å². The number of benzene rings is 2. The summed E-state index contributed by atoms with van der Waals surface area (Å²) >= 11 is 7.87. The van der Waals surface area contributed by atoms with Gasteiger partial charge in [0, 0.05) is 39.9 Å². The van der Waals surface area contributed by atoms with Crippen LogP contribution >= 0.6 is 22.9 Å². The molecule has 2 aliphatic heterocycles. The molecule has 4 heterocycles. The molecule has 264 valence electrons. The van der Waals surface area contributed by atoms with Crippen LogP contribution in [0.15, 0.2) is 54.1 Å². The number of thiophene rings is 1. The first-order valence-corrected chi connectivity index (χ1v) is 18.3. The van der Waals surface area contributed by atoms with Crippen molar-refractivity contribution in [3.05, 3.63) is 70.3 Å². The Balaban J connectivity index is 1.27. The second-order valence-electron chi connectivity index (χ2n) is 15.5. The number of amides is 4. The second kappa shape index (κ2) is 11.3. The predicted octanol–water partition coefficient (Wildman–Crippen LogP) is 7.01. The van der Waals surface area contributed by atoms with Gasteiger partial charge in [-0.25, -0.2) is 4.90 Å². The van der Waals surface area contributed by atoms with Gasteiger partial charge in [0.1, 0.15) is 11.5 Å². The Morgan fingerprint density at radius 3 is 2.49 bits per heavy atom. The van der Waals surface area contributed by atoms with Crippen molar-refractivity contribution in [2.45, 2.75) is 58.9 Å². The number of fused-ring (bicyclic) bond motifs is 5. The number of nitrogens with zero attached hydrogens (tertiary/aromatic N) is 4. The number of allylic oxidation sites excluding steroid dienone is 2. The van der Waals surface area contributed by atoms with E-state index < -0.39 is 52.4 Å². The number of para-hydroxylation sites is 1. The third kappa shape index (κ3) is 4.56. The molecule has 0 spiro atoms. The van der Waals surface area contributed by atoms with E-state index in [0.29, 0.717) is 28.5 Å². The Kier molecular flexibility index (Phi) is 7.43. The van der Waals surface area contributed by atoms with Gasteiger partial charge in [-0.15, -0.1) is 11.3 Å². The van der Waals surface area contributed by atoms with Gasteiger partial charge in [-0.1, -0.05) is 35.4 Å². The summed E-state index contributed by atoms with van der Waals surface area (Å²) in [5.41, 5.74) is 0.811. The average Bonchev–Trinajstić information content (AvgIpc) is 3.75. The minimum absolute atomic E-state index is 0.124. The minimum atomic E-state index is -1.33. The summed E-state index contributed by atoms with van der Waals surface area (Å²) in [5, 5.41) is 18.0. The molecule has 8 rings (SSSR count). The zero-order valence-electron chi connectivity index (χ0n) is 29.5. The molecule has 12 heteroatoms. The molecule has 10 nitrogen and oxygen atoms in total. The van der Waals surface area contributed by atoms with Crippen LogP contribution in [0.4, 0.5) is 5.82 Å². The highest BCUT2D eigenvalue weighted by molar-refractivity contribution is 7.22. The number of carbonyl (C=O) groups excluding carboxylic acids is 4. The van der Waals surface area contributed by atoms with Gasteiger partial charge in [-0.2, -0.15) is 5.10 Å². The Bertz CT molecular complexity index is 2250. The van der Waals surface area contributed by atoms with Gasteiger partial charge in [-0.05, 0) is 88.6 Å². The quantitative estimate of drug-likeness (QED) is 0.177. The van der Waals surface area contributed by atoms with Gasteiger partial charge < -0.3 is 9.84 Å². The maximum absolute atomic E-state index is 15.0. The van der Waals surface area contributed by atoms with E-state index in [2.05, 4.69) is 0 Å². The van der Waals surface area contributed by atoms with Crippen molar-refractivity contribution in [1.82, 2.24) is 14.7 Å². The number of rotatable bonds is 4. The monoisotopic (exact) mass is 726 g/mol. The molecule has 1 saturated carbocycles. The predicted molar refractivity (Wildman–Crippen MR) is 195 cm³/mol. The van der Waals surface area contributed by atoms with E-state index >= 15 is 4.79 Å². The van der Waals surface area contributed by atoms with Crippen LogP contribution in [0.25, 0.3) is 20.7 Å². The molecule has 2 aliphatic carbocycles. The maximum Gasteiger partial charge on any atom is 0.242 e. The van der Waals surface area contributed by atoms with Crippen LogP contribution in [0.2, 0.25) is 5.02 Å². The summed E-state index contributed by atoms with van der Waals surface area (Å²) in [5.74, 6) is -4.17. The number of phenolic OH excluding ortho intramolecular Hbond substituents is 1. The molecular formula is C39H39ClN4O6S. The van der Waals surface area contributed by atoms with Gasteiger partial charge in [0.05, 0.1) is 35.2 Å². The molecule has 6 atom stereocenters. The highest BCUT2D eigenvalue weighted by Gasteiger charge is 2.68. The molecule has 4 aliphatic rings. The lowest BCUT2D eigenvalue weighted by Gasteiger charge is -2.49. The highest BCUT2D eigenvalue weighted by Crippen LogP contribution is 2.65. The van der Waals surface area contributed by atoms with Crippen LogP contribution in [-0.2, 0) is 26.2 Å². The normalized spacial score (nSPS) is 27.6. The topological polar surface area (TPSA) is 122 Å². The van der Waals surface area contributed by atoms with Crippen LogP contribution in [0.3, 0.4) is 0 Å². The number of hydrogen-bond donors (Lipinski definition) is 1. The van der Waals surface area contributed by atoms with Crippen molar-refractivity contribution in [3.8, 4) is 22.1 Å². The van der Waals surface area contributed by atoms with Gasteiger partial charge in [0.2, 0.25) is 23.6 Å². The van der Waals surface area contributed by atoms with Crippen molar-refractivity contribution in [2.24, 2.45) is 36.1 Å². The first-order chi connectivity index (χ1) is 24.1. The SMILES string of the molecule is COc1cccc([C@H]2C3=CC[C@@H]4C(=O)N(C(C)(C)C)C(=O)[C@@H]4[C@@H]3C[C@H]3C(=O)N(c4cc(-c5sc6ccc(Cl)cc6c5C)nn4C)C(=O)[C@@]23C)c1O. The largest absolute Gasteiger partial charge is 0.504 e. The number of aromatic hydroxyl groups is 1. The molecule has 0 unspecified atom stereocenters. The molecule has 4 aromatic rings. The van der Waals surface area contributed by atoms with Crippen molar-refractivity contribution in [2.75, 3.05) is 12.0 Å². The number of anilines is 1. The zero-order valence-corrected chi connectivity index (χ0v) is 31.1. The summed E-state index contributed by atoms with van der Waals surface area (Å²) in [7, 11) is 3.17. The zero-order chi connectivity index (χ0) is 36.5. The van der Waals surface area contributed by atoms with Crippen molar-refractivity contribution < 1.29 is 29.0 Å². The van der Waals surface area contributed by atoms with Crippen LogP contribution in [0.5, 0.6) is 11.5 Å². The third-order valence-corrected chi connectivity index (χ3v) is 13.3. The van der Waals surface area contributed by atoms with E-state index in [1.54, 1.807) is 54.3 Å². The summed E-state index contributed by atoms with van der Waals surface area (Å²) in [6, 6.07) is 12.7. The fourth-order valence-corrected chi connectivity index (χ4v) is 10.7. The minimum Gasteiger partial charge on any atom is -0.504 e. The second-order valence-corrected chi connectivity index (χ2v) is 16.9. The summed E-state index contributed by atoms with van der Waals surface area (Å²) in [6.07, 6.45) is 2.52. The lowest BCUT2D eigenvalue weighted by Crippen LogP contribution is -2.49. The fraction of sp³-hybridized carbons (Fsp3) is 0.410. The number of aryl methyl sites for hydroxylation is 2. The Hall–Kier alpha value is -4.48. The molecule has 2 aromatic heterocycles. The molecule has 0 bridgehead atoms. The molecule has 3 fully saturated rings. The molecule has 2 aromatic carbocycles. The third-order valence-electron chi connectivity index (χ3n) is 11.7. The number of halogens is 1. The Labute approximate surface area is 304 Å². The molecular weight excluding hydrogens is 688 g/mol. The molecule has 2 saturated heterocycles. The lowest BCUT2D eigenvalue weighted by atomic mass is 9.51. The standard InChI is InChI=1S/C39H39ClN4O6S/c1-18-23-15-19(40)11-14-28(23)51-33(18)26-17-29(42(6)41-26)43-35(47)25-16-24-20(12-13-21-30(24)36(48)44(34(21)46)38(2,3)4)31(39(25,5)37(43)49)22-9-8-10-27(50-7)32(22)45/h8-12,14-15,17,21,24-25,30-31,45H,13,16H2,1-7H3/t21-,24+,25-,30-,31+,39+/m0/s1. The van der Waals surface area contributed by atoms with Crippen LogP contribution in [-0.4, -0.2) is 56.1 Å². The summed E-state index contributed by atoms with van der Waals surface area (Å²) in [6.45, 7) is 9.34. The first kappa shape index (κ1) is 33.7. The smallest absolute Gasteiger partial charge is 0.242 e. The Morgan fingerprint density at radius 1 is 1.04 bits per heavy atom. The van der Waals surface area contributed by atoms with Gasteiger partial charge in [-0.3, -0.25) is 28.8 Å². The van der Waals surface area contributed by atoms with Gasteiger partial charge >= 0.3 is 0 Å². The molecule has 51 heavy (non-hydrogen) atoms. The van der Waals surface area contributed by atoms with Crippen molar-refractivity contribution >= 4 is 62.5 Å². The van der Waals surface area contributed by atoms with Gasteiger partial charge in [0.15, 0.2) is 11.5 Å². The number of ether oxygens (including phenoxy) is 1. The van der Waals surface area contributed by atoms with E-state index in [1.165, 1.54) is 16.9 Å².